The first-order valence-corrected chi connectivity index (χ1v) is 7.60. The van der Waals surface area contributed by atoms with E-state index < -0.39 is 0 Å². The van der Waals surface area contributed by atoms with Crippen LogP contribution in [0.5, 0.6) is 0 Å². The van der Waals surface area contributed by atoms with Crippen LogP contribution in [-0.2, 0) is 0 Å². The number of anilines is 2. The van der Waals surface area contributed by atoms with Crippen LogP contribution in [0.3, 0.4) is 0 Å². The van der Waals surface area contributed by atoms with Crippen molar-refractivity contribution in [2.45, 2.75) is 18.1 Å². The van der Waals surface area contributed by atoms with Crippen molar-refractivity contribution in [3.63, 3.8) is 0 Å². The topological polar surface area (TPSA) is 62.7 Å². The first-order valence-electron chi connectivity index (χ1n) is 5.49. The molecule has 0 spiro atoms. The molecule has 2 N–H and O–H groups in total. The standard InChI is InChI=1S/C11H15N5S2/c1-7(10-13-4-5-18-10)14-9-6-8(12-2)15-11(16-9)17-3/h4-7H,1-3H3,(H2,12,14,15,16). The maximum absolute atomic E-state index is 4.43. The van der Waals surface area contributed by atoms with E-state index in [0.29, 0.717) is 0 Å². The molecule has 1 atom stereocenters. The van der Waals surface area contributed by atoms with Crippen molar-refractivity contribution < 1.29 is 0 Å². The summed E-state index contributed by atoms with van der Waals surface area (Å²) in [5.41, 5.74) is 0. The van der Waals surface area contributed by atoms with E-state index in [1.165, 1.54) is 11.8 Å². The Morgan fingerprint density at radius 2 is 2.11 bits per heavy atom. The van der Waals surface area contributed by atoms with Crippen molar-refractivity contribution in [1.82, 2.24) is 15.0 Å². The number of thiazole rings is 1. The third-order valence-electron chi connectivity index (χ3n) is 2.33. The molecule has 0 saturated heterocycles. The van der Waals surface area contributed by atoms with E-state index in [4.69, 9.17) is 0 Å². The Hall–Kier alpha value is -1.34. The summed E-state index contributed by atoms with van der Waals surface area (Å²) in [5.74, 6) is 1.62. The molecule has 96 valence electrons. The van der Waals surface area contributed by atoms with E-state index >= 15 is 0 Å². The van der Waals surface area contributed by atoms with E-state index in [2.05, 4.69) is 32.5 Å². The van der Waals surface area contributed by atoms with Gasteiger partial charge in [0, 0.05) is 24.7 Å². The van der Waals surface area contributed by atoms with Crippen LogP contribution in [0, 0.1) is 0 Å². The van der Waals surface area contributed by atoms with Crippen molar-refractivity contribution in [1.29, 1.82) is 0 Å². The van der Waals surface area contributed by atoms with Gasteiger partial charge >= 0.3 is 0 Å². The van der Waals surface area contributed by atoms with E-state index in [9.17, 15) is 0 Å². The van der Waals surface area contributed by atoms with Crippen molar-refractivity contribution in [3.05, 3.63) is 22.7 Å². The second kappa shape index (κ2) is 6.01. The number of nitrogens with zero attached hydrogens (tertiary/aromatic N) is 3. The maximum atomic E-state index is 4.43. The molecule has 0 saturated carbocycles. The Balaban J connectivity index is 2.17. The molecule has 2 aromatic heterocycles. The molecule has 2 heterocycles. The van der Waals surface area contributed by atoms with Crippen LogP contribution < -0.4 is 10.6 Å². The highest BCUT2D eigenvalue weighted by Crippen LogP contribution is 2.22. The molecule has 18 heavy (non-hydrogen) atoms. The molecule has 1 unspecified atom stereocenters. The summed E-state index contributed by atoms with van der Waals surface area (Å²) in [5, 5.41) is 10.1. The summed E-state index contributed by atoms with van der Waals surface area (Å²) in [7, 11) is 1.85. The lowest BCUT2D eigenvalue weighted by Gasteiger charge is -2.13. The number of thioether (sulfide) groups is 1. The number of rotatable bonds is 5. The predicted octanol–water partition coefficient (Wildman–Crippen LogP) is 2.87. The summed E-state index contributed by atoms with van der Waals surface area (Å²) in [6, 6.07) is 2.03. The molecular weight excluding hydrogens is 266 g/mol. The molecule has 5 nitrogen and oxygen atoms in total. The summed E-state index contributed by atoms with van der Waals surface area (Å²) in [6.45, 7) is 2.07. The highest BCUT2D eigenvalue weighted by atomic mass is 32.2. The normalized spacial score (nSPS) is 12.2. The lowest BCUT2D eigenvalue weighted by molar-refractivity contribution is 0.846. The van der Waals surface area contributed by atoms with Gasteiger partial charge < -0.3 is 10.6 Å². The SMILES string of the molecule is CNc1cc(NC(C)c2nccs2)nc(SC)n1. The van der Waals surface area contributed by atoms with Gasteiger partial charge in [-0.25, -0.2) is 15.0 Å². The maximum Gasteiger partial charge on any atom is 0.191 e. The number of hydrogen-bond donors (Lipinski definition) is 2. The fourth-order valence-corrected chi connectivity index (χ4v) is 2.48. The summed E-state index contributed by atoms with van der Waals surface area (Å²) >= 11 is 3.15. The predicted molar refractivity (Wildman–Crippen MR) is 77.5 cm³/mol. The van der Waals surface area contributed by atoms with Gasteiger partial charge in [-0.1, -0.05) is 11.8 Å². The molecule has 0 fully saturated rings. The van der Waals surface area contributed by atoms with Crippen molar-refractivity contribution >= 4 is 34.7 Å². The van der Waals surface area contributed by atoms with Crippen LogP contribution in [0.2, 0.25) is 0 Å². The van der Waals surface area contributed by atoms with Crippen molar-refractivity contribution in [2.75, 3.05) is 23.9 Å². The minimum absolute atomic E-state index is 0.138. The quantitative estimate of drug-likeness (QED) is 0.649. The van der Waals surface area contributed by atoms with Crippen LogP contribution in [0.4, 0.5) is 11.6 Å². The third-order valence-corrected chi connectivity index (χ3v) is 3.84. The largest absolute Gasteiger partial charge is 0.373 e. The summed E-state index contributed by atoms with van der Waals surface area (Å²) in [4.78, 5) is 13.0. The highest BCUT2D eigenvalue weighted by Gasteiger charge is 2.10. The Bertz CT molecular complexity index is 478. The Morgan fingerprint density at radius 3 is 2.72 bits per heavy atom. The van der Waals surface area contributed by atoms with Gasteiger partial charge in [-0.2, -0.15) is 0 Å². The molecular formula is C11H15N5S2. The van der Waals surface area contributed by atoms with Gasteiger partial charge in [-0.3, -0.25) is 0 Å². The van der Waals surface area contributed by atoms with Gasteiger partial charge in [0.2, 0.25) is 0 Å². The first-order chi connectivity index (χ1) is 8.72. The van der Waals surface area contributed by atoms with Gasteiger partial charge in [-0.05, 0) is 13.2 Å². The van der Waals surface area contributed by atoms with Gasteiger partial charge in [0.25, 0.3) is 0 Å². The zero-order valence-electron chi connectivity index (χ0n) is 10.5. The molecule has 0 aromatic carbocycles. The minimum Gasteiger partial charge on any atom is -0.373 e. The van der Waals surface area contributed by atoms with Crippen molar-refractivity contribution in [2.24, 2.45) is 0 Å². The van der Waals surface area contributed by atoms with Crippen LogP contribution in [0.25, 0.3) is 0 Å². The van der Waals surface area contributed by atoms with Crippen LogP contribution in [0.1, 0.15) is 18.0 Å². The van der Waals surface area contributed by atoms with Gasteiger partial charge in [-0.15, -0.1) is 11.3 Å². The van der Waals surface area contributed by atoms with Gasteiger partial charge in [0.1, 0.15) is 16.6 Å². The molecule has 7 heteroatoms. The fourth-order valence-electron chi connectivity index (χ4n) is 1.45. The summed E-state index contributed by atoms with van der Waals surface area (Å²) in [6.07, 6.45) is 3.77. The Labute approximate surface area is 114 Å². The average molecular weight is 281 g/mol. The lowest BCUT2D eigenvalue weighted by Crippen LogP contribution is -2.09. The molecule has 0 bridgehead atoms. The average Bonchev–Trinajstić information content (AvgIpc) is 2.92. The zero-order chi connectivity index (χ0) is 13.0. The van der Waals surface area contributed by atoms with Crippen LogP contribution in [0.15, 0.2) is 22.8 Å². The molecule has 0 radical (unpaired) electrons. The van der Waals surface area contributed by atoms with Gasteiger partial charge in [0.05, 0.1) is 6.04 Å². The first kappa shape index (κ1) is 13.1. The van der Waals surface area contributed by atoms with E-state index in [1.807, 2.05) is 30.9 Å². The molecule has 0 amide bonds. The smallest absolute Gasteiger partial charge is 0.191 e. The van der Waals surface area contributed by atoms with Crippen LogP contribution >= 0.6 is 23.1 Å². The van der Waals surface area contributed by atoms with E-state index in [-0.39, 0.29) is 6.04 Å². The number of hydrogen-bond acceptors (Lipinski definition) is 7. The number of nitrogens with one attached hydrogen (secondary N) is 2. The molecule has 2 rings (SSSR count). The molecule has 0 aliphatic heterocycles. The van der Waals surface area contributed by atoms with Gasteiger partial charge in [0.15, 0.2) is 5.16 Å². The second-order valence-electron chi connectivity index (χ2n) is 3.61. The third kappa shape index (κ3) is 3.11. The minimum atomic E-state index is 0.138. The molecule has 0 aliphatic carbocycles. The molecule has 2 aromatic rings. The Kier molecular flexibility index (Phi) is 4.38. The fraction of sp³-hybridized carbons (Fsp3) is 0.364. The zero-order valence-corrected chi connectivity index (χ0v) is 12.1. The Morgan fingerprint density at radius 1 is 1.33 bits per heavy atom. The summed E-state index contributed by atoms with van der Waals surface area (Å²) < 4.78 is 0. The second-order valence-corrected chi connectivity index (χ2v) is 5.31. The van der Waals surface area contributed by atoms with E-state index in [1.54, 1.807) is 11.3 Å². The van der Waals surface area contributed by atoms with Crippen LogP contribution in [-0.4, -0.2) is 28.3 Å². The highest BCUT2D eigenvalue weighted by molar-refractivity contribution is 7.98. The number of aromatic nitrogens is 3. The lowest BCUT2D eigenvalue weighted by atomic mass is 10.3. The monoisotopic (exact) mass is 281 g/mol. The van der Waals surface area contributed by atoms with E-state index in [0.717, 1.165) is 21.8 Å². The molecule has 0 aliphatic rings. The van der Waals surface area contributed by atoms with Crippen molar-refractivity contribution in [3.8, 4) is 0 Å².